The Hall–Kier alpha value is -1.92. The van der Waals surface area contributed by atoms with Gasteiger partial charge in [0.05, 0.1) is 25.7 Å². The van der Waals surface area contributed by atoms with E-state index in [0.717, 1.165) is 0 Å². The third-order valence-electron chi connectivity index (χ3n) is 4.43. The molecule has 0 heterocycles. The summed E-state index contributed by atoms with van der Waals surface area (Å²) in [5.74, 6) is -5.11. The van der Waals surface area contributed by atoms with Gasteiger partial charge >= 0.3 is 11.9 Å². The molecule has 0 aromatic heterocycles. The van der Waals surface area contributed by atoms with Crippen LogP contribution >= 0.6 is 11.6 Å². The third-order valence-corrected chi connectivity index (χ3v) is 4.68. The normalized spacial score (nSPS) is 29.9. The van der Waals surface area contributed by atoms with E-state index in [-0.39, 0.29) is 6.42 Å². The number of hydrogen-bond donors (Lipinski definition) is 1. The van der Waals surface area contributed by atoms with E-state index in [1.807, 2.05) is 0 Å². The summed E-state index contributed by atoms with van der Waals surface area (Å²) < 4.78 is 9.56. The molecule has 1 aromatic rings. The van der Waals surface area contributed by atoms with Gasteiger partial charge in [0, 0.05) is 17.4 Å². The van der Waals surface area contributed by atoms with Gasteiger partial charge in [0.1, 0.15) is 5.92 Å². The van der Waals surface area contributed by atoms with E-state index in [4.69, 9.17) is 21.1 Å². The Morgan fingerprint density at radius 3 is 2.21 bits per heavy atom. The molecular weight excluding hydrogens is 336 g/mol. The molecule has 0 amide bonds. The number of carbonyl (C=O) groups excluding carboxylic acids is 3. The van der Waals surface area contributed by atoms with E-state index < -0.39 is 41.1 Å². The van der Waals surface area contributed by atoms with Crippen LogP contribution in [0.5, 0.6) is 0 Å². The maximum absolute atomic E-state index is 12.5. The van der Waals surface area contributed by atoms with Crippen molar-refractivity contribution in [2.75, 3.05) is 14.2 Å². The lowest BCUT2D eigenvalue weighted by molar-refractivity contribution is -0.170. The molecule has 0 aliphatic heterocycles. The van der Waals surface area contributed by atoms with E-state index >= 15 is 0 Å². The zero-order valence-corrected chi connectivity index (χ0v) is 14.4. The maximum Gasteiger partial charge on any atom is 0.316 e. The Balaban J connectivity index is 2.63. The van der Waals surface area contributed by atoms with Gasteiger partial charge in [-0.05, 0) is 24.6 Å². The van der Waals surface area contributed by atoms with Crippen molar-refractivity contribution in [3.63, 3.8) is 0 Å². The van der Waals surface area contributed by atoms with Gasteiger partial charge in [-0.25, -0.2) is 0 Å². The molecule has 7 heteroatoms. The van der Waals surface area contributed by atoms with E-state index in [1.54, 1.807) is 24.3 Å². The van der Waals surface area contributed by atoms with Crippen molar-refractivity contribution in [1.29, 1.82) is 0 Å². The van der Waals surface area contributed by atoms with Crippen LogP contribution in [0.15, 0.2) is 24.3 Å². The quantitative estimate of drug-likeness (QED) is 0.656. The van der Waals surface area contributed by atoms with Gasteiger partial charge in [-0.1, -0.05) is 23.7 Å². The number of halogens is 1. The van der Waals surface area contributed by atoms with Crippen LogP contribution < -0.4 is 0 Å². The molecule has 0 unspecified atom stereocenters. The average molecular weight is 355 g/mol. The number of Topliss-reactive ketones (excluding diaryl/α,β-unsaturated/α-hetero) is 1. The van der Waals surface area contributed by atoms with Crippen LogP contribution in [0.3, 0.4) is 0 Å². The van der Waals surface area contributed by atoms with E-state index in [9.17, 15) is 19.5 Å². The topological polar surface area (TPSA) is 89.9 Å². The summed E-state index contributed by atoms with van der Waals surface area (Å²) in [6.07, 6.45) is -0.337. The minimum atomic E-state index is -1.64. The second-order valence-electron chi connectivity index (χ2n) is 6.08. The Morgan fingerprint density at radius 1 is 1.17 bits per heavy atom. The summed E-state index contributed by atoms with van der Waals surface area (Å²) in [7, 11) is 2.37. The molecule has 1 saturated carbocycles. The first-order valence-electron chi connectivity index (χ1n) is 7.39. The molecule has 24 heavy (non-hydrogen) atoms. The number of methoxy groups -OCH3 is 2. The Labute approximate surface area is 144 Å². The molecule has 0 saturated heterocycles. The van der Waals surface area contributed by atoms with Crippen LogP contribution in [-0.4, -0.2) is 42.6 Å². The molecule has 6 nitrogen and oxygen atoms in total. The predicted octanol–water partition coefficient (Wildman–Crippen LogP) is 1.73. The molecule has 0 spiro atoms. The highest BCUT2D eigenvalue weighted by atomic mass is 35.5. The molecule has 1 fully saturated rings. The maximum atomic E-state index is 12.5. The Bertz CT molecular complexity index is 652. The molecular formula is C17H19ClO6. The lowest BCUT2D eigenvalue weighted by Gasteiger charge is -2.43. The van der Waals surface area contributed by atoms with E-state index in [0.29, 0.717) is 10.6 Å². The van der Waals surface area contributed by atoms with E-state index in [1.165, 1.54) is 21.1 Å². The SMILES string of the molecule is COC(=O)[C@@H]1C(=O)C[C@@](C)(O)[C@H](C(=O)OC)[C@@H]1c1ccc(Cl)cc1. The minimum Gasteiger partial charge on any atom is -0.469 e. The van der Waals surface area contributed by atoms with Crippen LogP contribution in [0.4, 0.5) is 0 Å². The van der Waals surface area contributed by atoms with Crippen LogP contribution in [0, 0.1) is 11.8 Å². The Morgan fingerprint density at radius 2 is 1.71 bits per heavy atom. The summed E-state index contributed by atoms with van der Waals surface area (Å²) in [6, 6.07) is 6.42. The summed E-state index contributed by atoms with van der Waals surface area (Å²) in [6.45, 7) is 1.39. The van der Waals surface area contributed by atoms with Gasteiger partial charge in [-0.3, -0.25) is 14.4 Å². The van der Waals surface area contributed by atoms with Gasteiger partial charge < -0.3 is 14.6 Å². The molecule has 0 bridgehead atoms. The number of ketones is 1. The zero-order valence-electron chi connectivity index (χ0n) is 13.6. The highest BCUT2D eigenvalue weighted by Gasteiger charge is 2.56. The highest BCUT2D eigenvalue weighted by Crippen LogP contribution is 2.46. The molecule has 130 valence electrons. The zero-order chi connectivity index (χ0) is 18.1. The van der Waals surface area contributed by atoms with Crippen molar-refractivity contribution in [3.8, 4) is 0 Å². The van der Waals surface area contributed by atoms with Crippen molar-refractivity contribution >= 4 is 29.3 Å². The molecule has 1 aliphatic rings. The summed E-state index contributed by atoms with van der Waals surface area (Å²) in [5, 5.41) is 11.1. The van der Waals surface area contributed by atoms with Gasteiger partial charge in [-0.2, -0.15) is 0 Å². The third kappa shape index (κ3) is 3.30. The average Bonchev–Trinajstić information content (AvgIpc) is 2.53. The molecule has 4 atom stereocenters. The van der Waals surface area contributed by atoms with Crippen LogP contribution in [-0.2, 0) is 23.9 Å². The lowest BCUT2D eigenvalue weighted by atomic mass is 9.62. The fourth-order valence-electron chi connectivity index (χ4n) is 3.35. The summed E-state index contributed by atoms with van der Waals surface area (Å²) in [4.78, 5) is 37.0. The number of hydrogen-bond acceptors (Lipinski definition) is 6. The lowest BCUT2D eigenvalue weighted by Crippen LogP contribution is -2.55. The van der Waals surface area contributed by atoms with E-state index in [2.05, 4.69) is 0 Å². The largest absolute Gasteiger partial charge is 0.469 e. The fourth-order valence-corrected chi connectivity index (χ4v) is 3.48. The number of benzene rings is 1. The van der Waals surface area contributed by atoms with Crippen molar-refractivity contribution in [3.05, 3.63) is 34.9 Å². The summed E-state index contributed by atoms with van der Waals surface area (Å²) >= 11 is 5.89. The molecule has 0 radical (unpaired) electrons. The second kappa shape index (κ2) is 6.91. The molecule has 1 aromatic carbocycles. The monoisotopic (exact) mass is 354 g/mol. The van der Waals surface area contributed by atoms with Gasteiger partial charge in [0.2, 0.25) is 0 Å². The minimum absolute atomic E-state index is 0.337. The van der Waals surface area contributed by atoms with Crippen LogP contribution in [0.1, 0.15) is 24.8 Å². The predicted molar refractivity (Wildman–Crippen MR) is 85.5 cm³/mol. The first-order valence-corrected chi connectivity index (χ1v) is 7.77. The number of ether oxygens (including phenoxy) is 2. The van der Waals surface area contributed by atoms with Gasteiger partial charge in [0.15, 0.2) is 5.78 Å². The van der Waals surface area contributed by atoms with Crippen molar-refractivity contribution < 1.29 is 29.0 Å². The number of rotatable bonds is 3. The first-order chi connectivity index (χ1) is 11.2. The number of aliphatic hydroxyl groups is 1. The first kappa shape index (κ1) is 18.4. The van der Waals surface area contributed by atoms with Crippen molar-refractivity contribution in [2.24, 2.45) is 11.8 Å². The van der Waals surface area contributed by atoms with Crippen molar-refractivity contribution in [1.82, 2.24) is 0 Å². The standard InChI is InChI=1S/C17H19ClO6/c1-17(22)8-11(19)13(15(20)23-2)12(14(17)16(21)24-3)9-4-6-10(18)7-5-9/h4-7,12-14,22H,8H2,1-3H3/t12-,13-,14+,17-/m1/s1. The molecule has 1 N–H and O–H groups in total. The molecule has 2 rings (SSSR count). The summed E-state index contributed by atoms with van der Waals surface area (Å²) in [5.41, 5.74) is -1.11. The van der Waals surface area contributed by atoms with Crippen LogP contribution in [0.2, 0.25) is 5.02 Å². The highest BCUT2D eigenvalue weighted by molar-refractivity contribution is 6.30. The second-order valence-corrected chi connectivity index (χ2v) is 6.52. The van der Waals surface area contributed by atoms with Crippen LogP contribution in [0.25, 0.3) is 0 Å². The number of esters is 2. The Kier molecular flexibility index (Phi) is 5.30. The fraction of sp³-hybridized carbons (Fsp3) is 0.471. The van der Waals surface area contributed by atoms with Gasteiger partial charge in [-0.15, -0.1) is 0 Å². The van der Waals surface area contributed by atoms with Crippen molar-refractivity contribution in [2.45, 2.75) is 24.9 Å². The smallest absolute Gasteiger partial charge is 0.316 e. The van der Waals surface area contributed by atoms with Gasteiger partial charge in [0.25, 0.3) is 0 Å². The number of carbonyl (C=O) groups is 3. The molecule has 1 aliphatic carbocycles.